The fourth-order valence-electron chi connectivity index (χ4n) is 3.36. The second-order valence-electron chi connectivity index (χ2n) is 6.60. The smallest absolute Gasteiger partial charge is 0.342 e. The summed E-state index contributed by atoms with van der Waals surface area (Å²) in [5.41, 5.74) is 1.51. The van der Waals surface area contributed by atoms with E-state index >= 15 is 0 Å². The summed E-state index contributed by atoms with van der Waals surface area (Å²) < 4.78 is 11.5. The summed E-state index contributed by atoms with van der Waals surface area (Å²) in [5.74, 6) is 0.240. The van der Waals surface area contributed by atoms with Crippen molar-refractivity contribution in [2.24, 2.45) is 0 Å². The van der Waals surface area contributed by atoms with Gasteiger partial charge in [0.15, 0.2) is 0 Å². The number of carbonyl (C=O) groups excluding carboxylic acids is 1. The Kier molecular flexibility index (Phi) is 8.62. The second kappa shape index (κ2) is 11.0. The summed E-state index contributed by atoms with van der Waals surface area (Å²) in [6.07, 6.45) is 3.43. The molecule has 0 aromatic heterocycles. The number of hydrogen-bond donors (Lipinski definition) is 0. The number of benzene rings is 2. The first-order valence-electron chi connectivity index (χ1n) is 9.48. The van der Waals surface area contributed by atoms with Crippen LogP contribution in [0, 0.1) is 0 Å². The van der Waals surface area contributed by atoms with Gasteiger partial charge in [0.05, 0.1) is 6.61 Å². The molecule has 146 valence electrons. The first-order valence-corrected chi connectivity index (χ1v) is 9.48. The van der Waals surface area contributed by atoms with E-state index in [1.807, 2.05) is 55.5 Å². The summed E-state index contributed by atoms with van der Waals surface area (Å²) >= 11 is 0. The Hall–Kier alpha value is -2.04. The molecule has 1 unspecified atom stereocenters. The number of nitrogens with zero attached hydrogens (tertiary/aromatic N) is 1. The van der Waals surface area contributed by atoms with Crippen molar-refractivity contribution in [2.75, 3.05) is 26.2 Å². The van der Waals surface area contributed by atoms with Crippen LogP contribution in [-0.2, 0) is 4.74 Å². The molecule has 1 heterocycles. The molecule has 5 heteroatoms. The first-order chi connectivity index (χ1) is 12.8. The van der Waals surface area contributed by atoms with E-state index < -0.39 is 0 Å². The lowest BCUT2D eigenvalue weighted by atomic mass is 10.1. The predicted molar refractivity (Wildman–Crippen MR) is 110 cm³/mol. The van der Waals surface area contributed by atoms with Crippen LogP contribution in [0.2, 0.25) is 0 Å². The number of ether oxygens (including phenoxy) is 2. The summed E-state index contributed by atoms with van der Waals surface area (Å²) in [5, 5.41) is 0. The van der Waals surface area contributed by atoms with Crippen LogP contribution in [0.25, 0.3) is 0 Å². The number of esters is 1. The fourth-order valence-corrected chi connectivity index (χ4v) is 3.36. The van der Waals surface area contributed by atoms with Gasteiger partial charge in [0.2, 0.25) is 0 Å². The van der Waals surface area contributed by atoms with E-state index in [0.29, 0.717) is 17.9 Å². The summed E-state index contributed by atoms with van der Waals surface area (Å²) in [4.78, 5) is 15.2. The quantitative estimate of drug-likeness (QED) is 0.632. The number of carbonyl (C=O) groups is 1. The predicted octanol–water partition coefficient (Wildman–Crippen LogP) is 4.89. The minimum atomic E-state index is -0.333. The van der Waals surface area contributed by atoms with Crippen LogP contribution in [-0.4, -0.2) is 37.1 Å². The third-order valence-electron chi connectivity index (χ3n) is 4.70. The Morgan fingerprint density at radius 3 is 2.37 bits per heavy atom. The van der Waals surface area contributed by atoms with E-state index in [-0.39, 0.29) is 24.5 Å². The average Bonchev–Trinajstić information content (AvgIpc) is 2.69. The van der Waals surface area contributed by atoms with E-state index in [9.17, 15) is 4.79 Å². The van der Waals surface area contributed by atoms with Gasteiger partial charge in [-0.3, -0.25) is 4.90 Å². The number of para-hydroxylation sites is 1. The number of piperidine rings is 1. The monoisotopic (exact) mass is 389 g/mol. The molecule has 27 heavy (non-hydrogen) atoms. The largest absolute Gasteiger partial charge is 0.493 e. The molecule has 0 amide bonds. The topological polar surface area (TPSA) is 38.8 Å². The molecule has 0 saturated carbocycles. The molecule has 1 saturated heterocycles. The van der Waals surface area contributed by atoms with Crippen molar-refractivity contribution in [3.63, 3.8) is 0 Å². The number of hydrogen-bond acceptors (Lipinski definition) is 4. The van der Waals surface area contributed by atoms with Gasteiger partial charge in [-0.15, -0.1) is 12.4 Å². The molecule has 1 atom stereocenters. The highest BCUT2D eigenvalue weighted by Gasteiger charge is 2.23. The lowest BCUT2D eigenvalue weighted by molar-refractivity contribution is 0.0174. The molecule has 0 radical (unpaired) electrons. The number of halogens is 1. The van der Waals surface area contributed by atoms with Crippen LogP contribution < -0.4 is 4.74 Å². The normalized spacial score (nSPS) is 15.4. The molecule has 0 spiro atoms. The van der Waals surface area contributed by atoms with Crippen molar-refractivity contribution in [1.29, 1.82) is 0 Å². The van der Waals surface area contributed by atoms with Crippen molar-refractivity contribution in [1.82, 2.24) is 4.90 Å². The van der Waals surface area contributed by atoms with Gasteiger partial charge in [-0.05, 0) is 50.6 Å². The van der Waals surface area contributed by atoms with Crippen LogP contribution in [0.3, 0.4) is 0 Å². The van der Waals surface area contributed by atoms with Crippen molar-refractivity contribution in [3.05, 3.63) is 65.7 Å². The maximum atomic E-state index is 12.8. The third-order valence-corrected chi connectivity index (χ3v) is 4.70. The Bertz CT molecular complexity index is 702. The van der Waals surface area contributed by atoms with Gasteiger partial charge in [-0.1, -0.05) is 48.9 Å². The minimum absolute atomic E-state index is 0. The fraction of sp³-hybridized carbons (Fsp3) is 0.409. The maximum Gasteiger partial charge on any atom is 0.342 e. The first kappa shape index (κ1) is 21.3. The summed E-state index contributed by atoms with van der Waals surface area (Å²) in [6, 6.07) is 17.3. The van der Waals surface area contributed by atoms with Gasteiger partial charge in [0, 0.05) is 6.54 Å². The summed E-state index contributed by atoms with van der Waals surface area (Å²) in [6.45, 7) is 5.28. The van der Waals surface area contributed by atoms with Gasteiger partial charge >= 0.3 is 5.97 Å². The van der Waals surface area contributed by atoms with E-state index in [1.54, 1.807) is 6.07 Å². The van der Waals surface area contributed by atoms with Crippen LogP contribution >= 0.6 is 12.4 Å². The Labute approximate surface area is 167 Å². The van der Waals surface area contributed by atoms with Crippen LogP contribution in [0.1, 0.15) is 48.2 Å². The second-order valence-corrected chi connectivity index (χ2v) is 6.60. The maximum absolute atomic E-state index is 12.8. The van der Waals surface area contributed by atoms with Gasteiger partial charge < -0.3 is 9.47 Å². The van der Waals surface area contributed by atoms with Crippen LogP contribution in [0.15, 0.2) is 54.6 Å². The lowest BCUT2D eigenvalue weighted by Crippen LogP contribution is -2.35. The zero-order valence-corrected chi connectivity index (χ0v) is 16.6. The molecular weight excluding hydrogens is 362 g/mol. The molecule has 0 N–H and O–H groups in total. The minimum Gasteiger partial charge on any atom is -0.493 e. The number of rotatable bonds is 7. The number of likely N-dealkylation sites (tertiary alicyclic amines) is 1. The van der Waals surface area contributed by atoms with Crippen molar-refractivity contribution >= 4 is 18.4 Å². The zero-order valence-electron chi connectivity index (χ0n) is 15.8. The molecule has 2 aromatic rings. The van der Waals surface area contributed by atoms with Crippen LogP contribution in [0.5, 0.6) is 5.75 Å². The van der Waals surface area contributed by atoms with Crippen molar-refractivity contribution in [2.45, 2.75) is 32.3 Å². The SMILES string of the molecule is CCOc1ccccc1C(=O)OC(CN1CCCCC1)c1ccccc1.Cl. The van der Waals surface area contributed by atoms with Crippen molar-refractivity contribution in [3.8, 4) is 5.75 Å². The molecule has 1 aliphatic rings. The molecule has 0 bridgehead atoms. The van der Waals surface area contributed by atoms with E-state index in [2.05, 4.69) is 4.90 Å². The average molecular weight is 390 g/mol. The Morgan fingerprint density at radius 1 is 1.00 bits per heavy atom. The molecule has 1 fully saturated rings. The third kappa shape index (κ3) is 5.98. The van der Waals surface area contributed by atoms with Gasteiger partial charge in [0.25, 0.3) is 0 Å². The van der Waals surface area contributed by atoms with Gasteiger partial charge in [-0.2, -0.15) is 0 Å². The Balaban J connectivity index is 0.00000261. The van der Waals surface area contributed by atoms with E-state index in [4.69, 9.17) is 9.47 Å². The molecule has 3 rings (SSSR count). The van der Waals surface area contributed by atoms with Gasteiger partial charge in [0.1, 0.15) is 17.4 Å². The van der Waals surface area contributed by atoms with E-state index in [1.165, 1.54) is 19.3 Å². The Morgan fingerprint density at radius 2 is 1.67 bits per heavy atom. The van der Waals surface area contributed by atoms with E-state index in [0.717, 1.165) is 25.2 Å². The van der Waals surface area contributed by atoms with Crippen LogP contribution in [0.4, 0.5) is 0 Å². The molecule has 4 nitrogen and oxygen atoms in total. The van der Waals surface area contributed by atoms with Gasteiger partial charge in [-0.25, -0.2) is 4.79 Å². The summed E-state index contributed by atoms with van der Waals surface area (Å²) in [7, 11) is 0. The highest BCUT2D eigenvalue weighted by atomic mass is 35.5. The highest BCUT2D eigenvalue weighted by molar-refractivity contribution is 5.92. The molecule has 2 aromatic carbocycles. The zero-order chi connectivity index (χ0) is 18.2. The molecule has 0 aliphatic carbocycles. The lowest BCUT2D eigenvalue weighted by Gasteiger charge is -2.30. The standard InChI is InChI=1S/C22H27NO3.ClH/c1-2-25-20-14-8-7-13-19(20)22(24)26-21(18-11-5-3-6-12-18)17-23-15-9-4-10-16-23;/h3,5-8,11-14,21H,2,4,9-10,15-17H2,1H3;1H. The molecular formula is C22H28ClNO3. The highest BCUT2D eigenvalue weighted by Crippen LogP contribution is 2.25. The molecule has 1 aliphatic heterocycles. The van der Waals surface area contributed by atoms with Crippen molar-refractivity contribution < 1.29 is 14.3 Å².